The molecule has 3 aromatic rings. The molecule has 35 heavy (non-hydrogen) atoms. The van der Waals surface area contributed by atoms with E-state index in [1.807, 2.05) is 4.72 Å². The van der Waals surface area contributed by atoms with Crippen LogP contribution >= 0.6 is 0 Å². The van der Waals surface area contributed by atoms with Gasteiger partial charge in [-0.3, -0.25) is 9.52 Å². The lowest BCUT2D eigenvalue weighted by molar-refractivity contribution is -0.141. The van der Waals surface area contributed by atoms with E-state index in [2.05, 4.69) is 4.98 Å². The lowest BCUT2D eigenvalue weighted by atomic mass is 9.91. The molecule has 0 bridgehead atoms. The second-order valence-corrected chi connectivity index (χ2v) is 9.76. The largest absolute Gasteiger partial charge is 0.433 e. The van der Waals surface area contributed by atoms with Gasteiger partial charge in [-0.2, -0.15) is 13.2 Å². The molecule has 5 nitrogen and oxygen atoms in total. The van der Waals surface area contributed by atoms with Crippen LogP contribution in [0.25, 0.3) is 11.3 Å². The van der Waals surface area contributed by atoms with Gasteiger partial charge in [0.05, 0.1) is 17.6 Å². The van der Waals surface area contributed by atoms with Crippen molar-refractivity contribution in [3.05, 3.63) is 83.1 Å². The number of carbonyl (C=O) groups excluding carboxylic acids is 1. The highest BCUT2D eigenvalue weighted by molar-refractivity contribution is 7.92. The number of nitrogens with one attached hydrogen (secondary N) is 1. The Hall–Kier alpha value is -3.34. The number of ketones is 1. The van der Waals surface area contributed by atoms with Crippen molar-refractivity contribution < 1.29 is 35.2 Å². The van der Waals surface area contributed by atoms with Crippen LogP contribution in [0, 0.1) is 11.6 Å². The summed E-state index contributed by atoms with van der Waals surface area (Å²) in [6.07, 6.45) is -3.83. The Kier molecular flexibility index (Phi) is 7.59. The van der Waals surface area contributed by atoms with Crippen molar-refractivity contribution in [2.24, 2.45) is 0 Å². The fraction of sp³-hybridized carbons (Fsp3) is 0.250. The predicted octanol–water partition coefficient (Wildman–Crippen LogP) is 5.72. The van der Waals surface area contributed by atoms with Crippen molar-refractivity contribution in [2.45, 2.75) is 31.9 Å². The molecule has 2 aromatic carbocycles. The molecule has 1 N–H and O–H groups in total. The molecule has 0 aliphatic heterocycles. The van der Waals surface area contributed by atoms with Crippen molar-refractivity contribution in [3.8, 4) is 11.3 Å². The van der Waals surface area contributed by atoms with Crippen LogP contribution in [-0.2, 0) is 27.4 Å². The smallest absolute Gasteiger partial charge is 0.299 e. The molecular weight excluding hydrogens is 491 g/mol. The fourth-order valence-corrected chi connectivity index (χ4v) is 4.01. The number of hydrogen-bond donors (Lipinski definition) is 1. The number of aryl methyl sites for hydroxylation is 1. The van der Waals surface area contributed by atoms with E-state index in [-0.39, 0.29) is 35.6 Å². The van der Waals surface area contributed by atoms with Crippen LogP contribution in [-0.4, -0.2) is 25.4 Å². The van der Waals surface area contributed by atoms with Gasteiger partial charge in [0.25, 0.3) is 0 Å². The topological polar surface area (TPSA) is 76.1 Å². The number of aromatic nitrogens is 1. The number of nitrogens with zero attached hydrogens (tertiary/aromatic N) is 1. The molecule has 3 rings (SSSR count). The Labute approximate surface area is 199 Å². The molecule has 0 fully saturated rings. The number of Topliss-reactive ketones (excluding diaryl/α,β-unsaturated/α-hetero) is 1. The number of sulfonamides is 1. The minimum absolute atomic E-state index is 0.0116. The molecule has 0 radical (unpaired) electrons. The zero-order valence-corrected chi connectivity index (χ0v) is 19.5. The van der Waals surface area contributed by atoms with Crippen molar-refractivity contribution in [1.82, 2.24) is 4.98 Å². The minimum atomic E-state index is -4.68. The van der Waals surface area contributed by atoms with Gasteiger partial charge in [0.2, 0.25) is 10.0 Å². The van der Waals surface area contributed by atoms with E-state index in [4.69, 9.17) is 0 Å². The molecule has 1 heterocycles. The van der Waals surface area contributed by atoms with E-state index in [0.29, 0.717) is 11.1 Å². The molecule has 0 aliphatic rings. The number of rotatable bonds is 8. The monoisotopic (exact) mass is 512 g/mol. The normalized spacial score (nSPS) is 12.9. The molecule has 0 saturated carbocycles. The number of alkyl halides is 3. The van der Waals surface area contributed by atoms with Crippen LogP contribution < -0.4 is 4.72 Å². The van der Waals surface area contributed by atoms with Crippen molar-refractivity contribution in [1.29, 1.82) is 0 Å². The highest BCUT2D eigenvalue weighted by atomic mass is 32.2. The van der Waals surface area contributed by atoms with Gasteiger partial charge < -0.3 is 0 Å². The van der Waals surface area contributed by atoms with Crippen LogP contribution in [0.3, 0.4) is 0 Å². The summed E-state index contributed by atoms with van der Waals surface area (Å²) in [4.78, 5) is 16.5. The number of benzene rings is 2. The average Bonchev–Trinajstić information content (AvgIpc) is 2.77. The SMILES string of the molecule is CC(C(=O)CCc1ccc(C(F)(F)F)nc1-c1ccc(F)cc1)c1ccc(NS(C)(=O)=O)c(F)c1. The zero-order valence-electron chi connectivity index (χ0n) is 18.7. The van der Waals surface area contributed by atoms with Crippen LogP contribution in [0.1, 0.15) is 36.1 Å². The number of carbonyl (C=O) groups is 1. The second kappa shape index (κ2) is 10.1. The van der Waals surface area contributed by atoms with Gasteiger partial charge in [-0.1, -0.05) is 19.1 Å². The first-order chi connectivity index (χ1) is 16.2. The van der Waals surface area contributed by atoms with E-state index in [0.717, 1.165) is 30.5 Å². The maximum atomic E-state index is 14.3. The summed E-state index contributed by atoms with van der Waals surface area (Å²) >= 11 is 0. The van der Waals surface area contributed by atoms with Crippen molar-refractivity contribution in [2.75, 3.05) is 11.0 Å². The van der Waals surface area contributed by atoms with E-state index in [9.17, 15) is 35.2 Å². The first-order valence-electron chi connectivity index (χ1n) is 10.4. The molecule has 1 atom stereocenters. The molecule has 0 amide bonds. The third-order valence-electron chi connectivity index (χ3n) is 5.30. The number of halogens is 5. The summed E-state index contributed by atoms with van der Waals surface area (Å²) in [5.74, 6) is -2.47. The van der Waals surface area contributed by atoms with Crippen molar-refractivity contribution >= 4 is 21.5 Å². The summed E-state index contributed by atoms with van der Waals surface area (Å²) in [5.41, 5.74) is -0.430. The third kappa shape index (κ3) is 6.84. The summed E-state index contributed by atoms with van der Waals surface area (Å²) in [6, 6.07) is 10.6. The third-order valence-corrected chi connectivity index (χ3v) is 5.89. The first-order valence-corrected chi connectivity index (χ1v) is 12.3. The van der Waals surface area contributed by atoms with Crippen LogP contribution in [0.2, 0.25) is 0 Å². The highest BCUT2D eigenvalue weighted by Crippen LogP contribution is 2.32. The van der Waals surface area contributed by atoms with E-state index < -0.39 is 39.4 Å². The minimum Gasteiger partial charge on any atom is -0.299 e. The quantitative estimate of drug-likeness (QED) is 0.392. The predicted molar refractivity (Wildman–Crippen MR) is 121 cm³/mol. The zero-order chi connectivity index (χ0) is 26.0. The molecule has 1 unspecified atom stereocenters. The van der Waals surface area contributed by atoms with Gasteiger partial charge in [0, 0.05) is 17.9 Å². The number of hydrogen-bond acceptors (Lipinski definition) is 4. The second-order valence-electron chi connectivity index (χ2n) is 8.01. The maximum Gasteiger partial charge on any atom is 0.433 e. The van der Waals surface area contributed by atoms with Gasteiger partial charge in [-0.25, -0.2) is 22.2 Å². The van der Waals surface area contributed by atoms with Gasteiger partial charge in [-0.05, 0) is 60.0 Å². The lowest BCUT2D eigenvalue weighted by Crippen LogP contribution is -2.14. The molecular formula is C24H21F5N2O3S. The molecule has 0 aliphatic carbocycles. The maximum absolute atomic E-state index is 14.3. The summed E-state index contributed by atoms with van der Waals surface area (Å²) in [6.45, 7) is 1.55. The lowest BCUT2D eigenvalue weighted by Gasteiger charge is -2.15. The number of pyridine rings is 1. The van der Waals surface area contributed by atoms with Crippen LogP contribution in [0.4, 0.5) is 27.6 Å². The van der Waals surface area contributed by atoms with Gasteiger partial charge in [0.1, 0.15) is 23.1 Å². The summed E-state index contributed by atoms with van der Waals surface area (Å²) in [5, 5.41) is 0. The van der Waals surface area contributed by atoms with Gasteiger partial charge >= 0.3 is 6.18 Å². The Morgan fingerprint density at radius 1 is 1.03 bits per heavy atom. The van der Waals surface area contributed by atoms with E-state index in [1.165, 1.54) is 30.3 Å². The molecule has 186 valence electrons. The van der Waals surface area contributed by atoms with Crippen LogP contribution in [0.5, 0.6) is 0 Å². The van der Waals surface area contributed by atoms with Gasteiger partial charge in [-0.15, -0.1) is 0 Å². The molecule has 0 spiro atoms. The Morgan fingerprint density at radius 3 is 2.26 bits per heavy atom. The van der Waals surface area contributed by atoms with E-state index >= 15 is 0 Å². The van der Waals surface area contributed by atoms with Gasteiger partial charge in [0.15, 0.2) is 0 Å². The standard InChI is InChI=1S/C24H21F5N2O3S/c1-14(17-5-10-20(19(26)13-17)31-35(2,33)34)21(32)11-6-16-7-12-22(24(27,28)29)30-23(16)15-3-8-18(25)9-4-15/h3-5,7-10,12-14,31H,6,11H2,1-2H3. The molecule has 11 heteroatoms. The fourth-order valence-electron chi connectivity index (χ4n) is 3.45. The highest BCUT2D eigenvalue weighted by Gasteiger charge is 2.33. The summed E-state index contributed by atoms with van der Waals surface area (Å²) in [7, 11) is -3.68. The Bertz CT molecular complexity index is 1340. The molecule has 0 saturated heterocycles. The van der Waals surface area contributed by atoms with Crippen molar-refractivity contribution in [3.63, 3.8) is 0 Å². The Morgan fingerprint density at radius 2 is 1.69 bits per heavy atom. The first kappa shape index (κ1) is 26.3. The average molecular weight is 513 g/mol. The van der Waals surface area contributed by atoms with E-state index in [1.54, 1.807) is 6.92 Å². The summed E-state index contributed by atoms with van der Waals surface area (Å²) < 4.78 is 91.8. The van der Waals surface area contributed by atoms with Crippen LogP contribution in [0.15, 0.2) is 54.6 Å². The Balaban J connectivity index is 1.81. The molecule has 1 aromatic heterocycles. The number of anilines is 1.